The molecule has 0 unspecified atom stereocenters. The highest BCUT2D eigenvalue weighted by molar-refractivity contribution is 7.99. The van der Waals surface area contributed by atoms with Gasteiger partial charge in [0.25, 0.3) is 0 Å². The fraction of sp³-hybridized carbons (Fsp3) is 0.389. The van der Waals surface area contributed by atoms with E-state index < -0.39 is 0 Å². The second-order valence-electron chi connectivity index (χ2n) is 6.29. The number of rotatable bonds is 7. The fourth-order valence-electron chi connectivity index (χ4n) is 3.15. The zero-order chi connectivity index (χ0) is 17.8. The highest BCUT2D eigenvalue weighted by Crippen LogP contribution is 2.26. The molecule has 4 rings (SSSR count). The Labute approximate surface area is 155 Å². The minimum absolute atomic E-state index is 0.0361. The number of thioether (sulfide) groups is 1. The molecule has 0 radical (unpaired) electrons. The molecule has 0 bridgehead atoms. The summed E-state index contributed by atoms with van der Waals surface area (Å²) in [7, 11) is 0. The van der Waals surface area contributed by atoms with Gasteiger partial charge in [0.2, 0.25) is 11.7 Å². The maximum Gasteiger partial charge on any atom is 0.230 e. The highest BCUT2D eigenvalue weighted by Gasteiger charge is 2.20. The monoisotopic (exact) mass is 372 g/mol. The third-order valence-corrected chi connectivity index (χ3v) is 5.37. The van der Waals surface area contributed by atoms with E-state index in [0.717, 1.165) is 18.6 Å². The van der Waals surface area contributed by atoms with Gasteiger partial charge in [-0.25, -0.2) is 0 Å². The van der Waals surface area contributed by atoms with Crippen LogP contribution in [0.3, 0.4) is 0 Å². The molecule has 1 N–H and O–H groups in total. The topological polar surface area (TPSA) is 86.1 Å². The molecule has 136 valence electrons. The molecule has 0 atom stereocenters. The van der Waals surface area contributed by atoms with E-state index in [1.165, 1.54) is 24.6 Å². The third kappa shape index (κ3) is 3.85. The molecule has 3 aromatic heterocycles. The number of nitrogens with one attached hydrogen (secondary N) is 1. The Kier molecular flexibility index (Phi) is 5.10. The lowest BCUT2D eigenvalue weighted by Crippen LogP contribution is -2.33. The van der Waals surface area contributed by atoms with Crippen LogP contribution in [0.2, 0.25) is 0 Å². The number of carbonyl (C=O) groups is 1. The summed E-state index contributed by atoms with van der Waals surface area (Å²) in [5.74, 6) is 2.38. The van der Waals surface area contributed by atoms with Crippen molar-refractivity contribution in [2.24, 2.45) is 0 Å². The van der Waals surface area contributed by atoms with Crippen LogP contribution in [0.1, 0.15) is 31.4 Å². The van der Waals surface area contributed by atoms with Crippen molar-refractivity contribution in [2.45, 2.75) is 43.4 Å². The van der Waals surface area contributed by atoms with Crippen LogP contribution in [-0.4, -0.2) is 32.5 Å². The van der Waals surface area contributed by atoms with E-state index in [1.54, 1.807) is 12.5 Å². The van der Waals surface area contributed by atoms with E-state index in [2.05, 4.69) is 15.5 Å². The Morgan fingerprint density at radius 3 is 2.73 bits per heavy atom. The van der Waals surface area contributed by atoms with E-state index in [1.807, 2.05) is 28.8 Å². The van der Waals surface area contributed by atoms with Gasteiger partial charge >= 0.3 is 0 Å². The lowest BCUT2D eigenvalue weighted by molar-refractivity contribution is -0.119. The summed E-state index contributed by atoms with van der Waals surface area (Å²) in [4.78, 5) is 12.2. The summed E-state index contributed by atoms with van der Waals surface area (Å²) in [5, 5.41) is 12.3. The van der Waals surface area contributed by atoms with Crippen LogP contribution in [0.15, 0.2) is 50.8 Å². The van der Waals surface area contributed by atoms with Crippen LogP contribution in [0.5, 0.6) is 0 Å². The van der Waals surface area contributed by atoms with Gasteiger partial charge in [0.1, 0.15) is 5.76 Å². The number of furan rings is 2. The van der Waals surface area contributed by atoms with Crippen molar-refractivity contribution in [3.63, 3.8) is 0 Å². The van der Waals surface area contributed by atoms with Crippen LogP contribution in [0.4, 0.5) is 0 Å². The average molecular weight is 372 g/mol. The van der Waals surface area contributed by atoms with Gasteiger partial charge in [-0.2, -0.15) is 0 Å². The van der Waals surface area contributed by atoms with Gasteiger partial charge in [0.15, 0.2) is 10.9 Å². The fourth-order valence-corrected chi connectivity index (χ4v) is 3.90. The SMILES string of the molecule is O=C(CSc1nnc(-c2ccco2)n1Cc1ccco1)NC1CCCC1. The van der Waals surface area contributed by atoms with Crippen molar-refractivity contribution in [1.82, 2.24) is 20.1 Å². The number of amides is 1. The van der Waals surface area contributed by atoms with E-state index in [-0.39, 0.29) is 5.91 Å². The summed E-state index contributed by atoms with van der Waals surface area (Å²) < 4.78 is 12.8. The van der Waals surface area contributed by atoms with Gasteiger partial charge in [-0.3, -0.25) is 9.36 Å². The molecule has 3 aromatic rings. The van der Waals surface area contributed by atoms with Gasteiger partial charge in [-0.15, -0.1) is 10.2 Å². The molecule has 26 heavy (non-hydrogen) atoms. The van der Waals surface area contributed by atoms with Gasteiger partial charge in [-0.05, 0) is 37.1 Å². The number of aromatic nitrogens is 3. The second-order valence-corrected chi connectivity index (χ2v) is 7.23. The second kappa shape index (κ2) is 7.82. The van der Waals surface area contributed by atoms with Crippen molar-refractivity contribution in [2.75, 3.05) is 5.75 Å². The summed E-state index contributed by atoms with van der Waals surface area (Å²) in [6, 6.07) is 7.71. The zero-order valence-electron chi connectivity index (χ0n) is 14.3. The summed E-state index contributed by atoms with van der Waals surface area (Å²) >= 11 is 1.37. The largest absolute Gasteiger partial charge is 0.467 e. The minimum atomic E-state index is 0.0361. The summed E-state index contributed by atoms with van der Waals surface area (Å²) in [6.07, 6.45) is 7.78. The highest BCUT2D eigenvalue weighted by atomic mass is 32.2. The number of hydrogen-bond donors (Lipinski definition) is 1. The van der Waals surface area contributed by atoms with Gasteiger partial charge in [0, 0.05) is 6.04 Å². The van der Waals surface area contributed by atoms with Crippen LogP contribution >= 0.6 is 11.8 Å². The molecule has 1 amide bonds. The summed E-state index contributed by atoms with van der Waals surface area (Å²) in [5.41, 5.74) is 0. The molecule has 1 aliphatic rings. The van der Waals surface area contributed by atoms with E-state index in [4.69, 9.17) is 8.83 Å². The van der Waals surface area contributed by atoms with E-state index >= 15 is 0 Å². The quantitative estimate of drug-likeness (QED) is 0.640. The average Bonchev–Trinajstić information content (AvgIpc) is 3.42. The number of hydrogen-bond acceptors (Lipinski definition) is 6. The van der Waals surface area contributed by atoms with Gasteiger partial charge in [0.05, 0.1) is 24.8 Å². The Balaban J connectivity index is 1.48. The molecule has 0 saturated heterocycles. The molecule has 1 fully saturated rings. The van der Waals surface area contributed by atoms with Crippen molar-refractivity contribution in [3.05, 3.63) is 42.6 Å². The Hall–Kier alpha value is -2.48. The van der Waals surface area contributed by atoms with Crippen LogP contribution in [0.25, 0.3) is 11.6 Å². The molecular weight excluding hydrogens is 352 g/mol. The Bertz CT molecular complexity index is 836. The Morgan fingerprint density at radius 2 is 2.00 bits per heavy atom. The molecule has 0 aliphatic heterocycles. The van der Waals surface area contributed by atoms with Crippen molar-refractivity contribution in [1.29, 1.82) is 0 Å². The molecule has 3 heterocycles. The van der Waals surface area contributed by atoms with Crippen LogP contribution in [-0.2, 0) is 11.3 Å². The number of carbonyl (C=O) groups excluding carboxylic acids is 1. The van der Waals surface area contributed by atoms with Crippen LogP contribution < -0.4 is 5.32 Å². The first-order valence-corrected chi connectivity index (χ1v) is 9.70. The standard InChI is InChI=1S/C18H20N4O3S/c23-16(19-13-5-1-2-6-13)12-26-18-21-20-17(15-8-4-10-25-15)22(18)11-14-7-3-9-24-14/h3-4,7-10,13H,1-2,5-6,11-12H2,(H,19,23). The van der Waals surface area contributed by atoms with E-state index in [0.29, 0.717) is 35.1 Å². The first-order chi connectivity index (χ1) is 12.8. The summed E-state index contributed by atoms with van der Waals surface area (Å²) in [6.45, 7) is 0.475. The van der Waals surface area contributed by atoms with Gasteiger partial charge < -0.3 is 14.2 Å². The lowest BCUT2D eigenvalue weighted by atomic mass is 10.2. The molecule has 0 spiro atoms. The van der Waals surface area contributed by atoms with Crippen molar-refractivity contribution < 1.29 is 13.6 Å². The number of nitrogens with zero attached hydrogens (tertiary/aromatic N) is 3. The lowest BCUT2D eigenvalue weighted by Gasteiger charge is -2.11. The molecule has 0 aromatic carbocycles. The third-order valence-electron chi connectivity index (χ3n) is 4.41. The first kappa shape index (κ1) is 17.0. The molecular formula is C18H20N4O3S. The molecule has 1 saturated carbocycles. The normalized spacial score (nSPS) is 14.8. The smallest absolute Gasteiger partial charge is 0.230 e. The maximum absolute atomic E-state index is 12.2. The van der Waals surface area contributed by atoms with Crippen molar-refractivity contribution in [3.8, 4) is 11.6 Å². The maximum atomic E-state index is 12.2. The van der Waals surface area contributed by atoms with E-state index in [9.17, 15) is 4.79 Å². The minimum Gasteiger partial charge on any atom is -0.467 e. The first-order valence-electron chi connectivity index (χ1n) is 8.71. The predicted molar refractivity (Wildman–Crippen MR) is 96.7 cm³/mol. The molecule has 8 heteroatoms. The van der Waals surface area contributed by atoms with Crippen LogP contribution in [0, 0.1) is 0 Å². The Morgan fingerprint density at radius 1 is 1.19 bits per heavy atom. The zero-order valence-corrected chi connectivity index (χ0v) is 15.1. The van der Waals surface area contributed by atoms with Gasteiger partial charge in [-0.1, -0.05) is 24.6 Å². The predicted octanol–water partition coefficient (Wildman–Crippen LogP) is 3.33. The van der Waals surface area contributed by atoms with Crippen molar-refractivity contribution >= 4 is 17.7 Å². The molecule has 7 nitrogen and oxygen atoms in total. The molecule has 1 aliphatic carbocycles.